The Kier molecular flexibility index (Phi) is 7.31. The van der Waals surface area contributed by atoms with E-state index in [2.05, 4.69) is 81.7 Å². The molecule has 56 heavy (non-hydrogen) atoms. The van der Waals surface area contributed by atoms with Gasteiger partial charge in [-0.1, -0.05) is 121 Å². The molecule has 11 aromatic rings. The van der Waals surface area contributed by atoms with Crippen molar-refractivity contribution in [3.8, 4) is 67.8 Å². The van der Waals surface area contributed by atoms with Crippen LogP contribution in [0.5, 0.6) is 0 Å². The van der Waals surface area contributed by atoms with Gasteiger partial charge < -0.3 is 8.83 Å². The first-order chi connectivity index (χ1) is 27.7. The van der Waals surface area contributed by atoms with Crippen molar-refractivity contribution in [2.24, 2.45) is 0 Å². The zero-order valence-corrected chi connectivity index (χ0v) is 29.7. The number of para-hydroxylation sites is 4. The van der Waals surface area contributed by atoms with E-state index in [1.807, 2.05) is 91.0 Å². The van der Waals surface area contributed by atoms with E-state index >= 15 is 0 Å². The number of hydrogen-bond acceptors (Lipinski definition) is 8. The second-order valence-electron chi connectivity index (χ2n) is 13.6. The summed E-state index contributed by atoms with van der Waals surface area (Å²) >= 11 is 0. The predicted octanol–water partition coefficient (Wildman–Crippen LogP) is 11.9. The number of benzene rings is 7. The molecule has 0 radical (unpaired) electrons. The minimum Gasteiger partial charge on any atom is -0.455 e. The highest BCUT2D eigenvalue weighted by Gasteiger charge is 2.20. The van der Waals surface area contributed by atoms with Gasteiger partial charge in [0.2, 0.25) is 0 Å². The van der Waals surface area contributed by atoms with E-state index in [0.29, 0.717) is 23.3 Å². The van der Waals surface area contributed by atoms with E-state index in [0.717, 1.165) is 88.4 Å². The highest BCUT2D eigenvalue weighted by Crippen LogP contribution is 2.42. The fraction of sp³-hybridized carbons (Fsp3) is 0. The zero-order valence-electron chi connectivity index (χ0n) is 29.7. The predicted molar refractivity (Wildman–Crippen MR) is 220 cm³/mol. The van der Waals surface area contributed by atoms with Gasteiger partial charge in [-0.15, -0.1) is 0 Å². The van der Waals surface area contributed by atoms with Gasteiger partial charge in [0, 0.05) is 54.9 Å². The van der Waals surface area contributed by atoms with E-state index in [1.54, 1.807) is 0 Å². The van der Waals surface area contributed by atoms with Gasteiger partial charge in [0.1, 0.15) is 35.0 Å². The number of nitrogens with zero attached hydrogens (tertiary/aromatic N) is 6. The van der Waals surface area contributed by atoms with Crippen molar-refractivity contribution in [2.75, 3.05) is 0 Å². The van der Waals surface area contributed by atoms with Crippen molar-refractivity contribution in [2.45, 2.75) is 0 Å². The summed E-state index contributed by atoms with van der Waals surface area (Å²) in [4.78, 5) is 28.1. The molecule has 0 aliphatic rings. The van der Waals surface area contributed by atoms with Crippen LogP contribution in [0.4, 0.5) is 0 Å². The Morgan fingerprint density at radius 3 is 1.36 bits per heavy atom. The molecule has 0 aliphatic heterocycles. The second-order valence-corrected chi connectivity index (χ2v) is 13.6. The van der Waals surface area contributed by atoms with Gasteiger partial charge in [0.05, 0.1) is 0 Å². The van der Waals surface area contributed by atoms with Crippen LogP contribution in [0.2, 0.25) is 0 Å². The zero-order chi connectivity index (χ0) is 37.0. The first-order valence-corrected chi connectivity index (χ1v) is 18.2. The molecule has 0 fully saturated rings. The molecular weight excluding hydrogens is 693 g/mol. The molecule has 0 bridgehead atoms. The van der Waals surface area contributed by atoms with Crippen molar-refractivity contribution < 1.29 is 8.83 Å². The summed E-state index contributed by atoms with van der Waals surface area (Å²) in [6.07, 6.45) is 2.98. The molecule has 11 rings (SSSR count). The lowest BCUT2D eigenvalue weighted by molar-refractivity contribution is 0.670. The van der Waals surface area contributed by atoms with Crippen LogP contribution >= 0.6 is 0 Å². The molecule has 4 aromatic heterocycles. The average molecular weight is 721 g/mol. The average Bonchev–Trinajstić information content (AvgIpc) is 3.86. The summed E-state index contributed by atoms with van der Waals surface area (Å²) < 4.78 is 13.1. The molecule has 8 nitrogen and oxygen atoms in total. The third-order valence-electron chi connectivity index (χ3n) is 10.2. The number of aromatic nitrogens is 6. The summed E-state index contributed by atoms with van der Waals surface area (Å²) in [7, 11) is 0. The third kappa shape index (κ3) is 5.39. The van der Waals surface area contributed by atoms with Crippen LogP contribution < -0.4 is 0 Å². The van der Waals surface area contributed by atoms with Gasteiger partial charge >= 0.3 is 0 Å². The van der Waals surface area contributed by atoms with Crippen molar-refractivity contribution in [1.29, 1.82) is 0 Å². The number of rotatable bonds is 6. The SMILES string of the molecule is c1ccc(-c2nc(-c3cccc(-c4ncncn4)c3)nc(-c3cc(-c4cccc5c4oc4ccccc45)cc(-c4cccc5c4oc4ccccc45)c3)n2)cc1. The number of fused-ring (bicyclic) bond motifs is 6. The topological polar surface area (TPSA) is 104 Å². The quantitative estimate of drug-likeness (QED) is 0.167. The highest BCUT2D eigenvalue weighted by atomic mass is 16.3. The largest absolute Gasteiger partial charge is 0.455 e. The summed E-state index contributed by atoms with van der Waals surface area (Å²) in [6, 6.07) is 53.3. The maximum Gasteiger partial charge on any atom is 0.164 e. The van der Waals surface area contributed by atoms with Gasteiger partial charge in [-0.2, -0.15) is 0 Å². The van der Waals surface area contributed by atoms with Crippen LogP contribution in [-0.4, -0.2) is 29.9 Å². The molecule has 0 saturated carbocycles. The first-order valence-electron chi connectivity index (χ1n) is 18.2. The lowest BCUT2D eigenvalue weighted by Crippen LogP contribution is -2.01. The Morgan fingerprint density at radius 2 is 0.750 bits per heavy atom. The van der Waals surface area contributed by atoms with Gasteiger partial charge in [0.25, 0.3) is 0 Å². The van der Waals surface area contributed by atoms with Crippen LogP contribution in [0.3, 0.4) is 0 Å². The van der Waals surface area contributed by atoms with Crippen molar-refractivity contribution in [3.63, 3.8) is 0 Å². The Bertz CT molecular complexity index is 3130. The van der Waals surface area contributed by atoms with E-state index in [4.69, 9.17) is 23.8 Å². The molecule has 0 spiro atoms. The summed E-state index contributed by atoms with van der Waals surface area (Å²) in [5, 5.41) is 4.25. The molecule has 0 aliphatic carbocycles. The summed E-state index contributed by atoms with van der Waals surface area (Å²) in [5.41, 5.74) is 10.5. The van der Waals surface area contributed by atoms with Crippen LogP contribution in [0, 0.1) is 0 Å². The monoisotopic (exact) mass is 720 g/mol. The molecule has 7 aromatic carbocycles. The minimum absolute atomic E-state index is 0.524. The lowest BCUT2D eigenvalue weighted by atomic mass is 9.94. The summed E-state index contributed by atoms with van der Waals surface area (Å²) in [6.45, 7) is 0. The van der Waals surface area contributed by atoms with E-state index in [9.17, 15) is 0 Å². The molecule has 0 unspecified atom stereocenters. The van der Waals surface area contributed by atoms with Crippen LogP contribution in [0.25, 0.3) is 112 Å². The van der Waals surface area contributed by atoms with Gasteiger partial charge in [-0.25, -0.2) is 29.9 Å². The maximum atomic E-state index is 6.57. The van der Waals surface area contributed by atoms with Crippen molar-refractivity contribution >= 4 is 43.9 Å². The molecule has 0 N–H and O–H groups in total. The molecular formula is C48H28N6O2. The molecule has 4 heterocycles. The van der Waals surface area contributed by atoms with Crippen molar-refractivity contribution in [1.82, 2.24) is 29.9 Å². The van der Waals surface area contributed by atoms with E-state index < -0.39 is 0 Å². The normalized spacial score (nSPS) is 11.6. The first kappa shape index (κ1) is 31.7. The van der Waals surface area contributed by atoms with Crippen LogP contribution in [-0.2, 0) is 0 Å². The lowest BCUT2D eigenvalue weighted by Gasteiger charge is -2.13. The molecule has 0 atom stereocenters. The van der Waals surface area contributed by atoms with E-state index in [1.165, 1.54) is 12.7 Å². The highest BCUT2D eigenvalue weighted by molar-refractivity contribution is 6.11. The molecule has 8 heteroatoms. The molecule has 262 valence electrons. The Balaban J connectivity index is 1.17. The van der Waals surface area contributed by atoms with Crippen molar-refractivity contribution in [3.05, 3.63) is 170 Å². The Hall–Kier alpha value is -7.84. The van der Waals surface area contributed by atoms with Crippen LogP contribution in [0.15, 0.2) is 179 Å². The van der Waals surface area contributed by atoms with Gasteiger partial charge in [0.15, 0.2) is 23.3 Å². The van der Waals surface area contributed by atoms with Gasteiger partial charge in [-0.05, 0) is 47.5 Å². The number of hydrogen-bond donors (Lipinski definition) is 0. The smallest absolute Gasteiger partial charge is 0.164 e. The number of furan rings is 2. The molecule has 0 saturated heterocycles. The summed E-state index contributed by atoms with van der Waals surface area (Å²) in [5.74, 6) is 2.17. The third-order valence-corrected chi connectivity index (χ3v) is 10.2. The maximum absolute atomic E-state index is 6.57. The molecule has 0 amide bonds. The fourth-order valence-corrected chi connectivity index (χ4v) is 7.55. The van der Waals surface area contributed by atoms with Crippen LogP contribution in [0.1, 0.15) is 0 Å². The fourth-order valence-electron chi connectivity index (χ4n) is 7.55. The van der Waals surface area contributed by atoms with E-state index in [-0.39, 0.29) is 0 Å². The minimum atomic E-state index is 0.524. The Labute approximate surface area is 319 Å². The van der Waals surface area contributed by atoms with Gasteiger partial charge in [-0.3, -0.25) is 0 Å². The second kappa shape index (κ2) is 12.9. The Morgan fingerprint density at radius 1 is 0.321 bits per heavy atom. The standard InChI is InChI=1S/C48H28N6O2/c1-2-11-29(12-3-1)46-52-47(31-14-8-13-30(23-31)45-50-27-49-28-51-45)54-48(53-46)34-25-32(35-17-9-19-39-37-15-4-6-21-41(37)55-43(35)39)24-33(26-34)36-18-10-20-40-38-16-5-7-22-42(38)56-44(36)40/h1-28H.